The van der Waals surface area contributed by atoms with Gasteiger partial charge in [0.05, 0.1) is 23.4 Å². The van der Waals surface area contributed by atoms with Crippen LogP contribution in [0.5, 0.6) is 0 Å². The zero-order valence-electron chi connectivity index (χ0n) is 13.8. The van der Waals surface area contributed by atoms with E-state index in [1.807, 2.05) is 12.1 Å². The van der Waals surface area contributed by atoms with E-state index >= 15 is 0 Å². The molecule has 2 N–H and O–H groups in total. The van der Waals surface area contributed by atoms with Crippen LogP contribution in [0.25, 0.3) is 22.2 Å². The van der Waals surface area contributed by atoms with Crippen molar-refractivity contribution in [2.75, 3.05) is 0 Å². The fraction of sp³-hybridized carbons (Fsp3) is 0.389. The van der Waals surface area contributed by atoms with E-state index in [9.17, 15) is 0 Å². The summed E-state index contributed by atoms with van der Waals surface area (Å²) in [4.78, 5) is 13.4. The summed E-state index contributed by atoms with van der Waals surface area (Å²) >= 11 is 0. The molecule has 23 heavy (non-hydrogen) atoms. The minimum Gasteiger partial charge on any atom is -0.444 e. The van der Waals surface area contributed by atoms with E-state index in [4.69, 9.17) is 15.1 Å². The van der Waals surface area contributed by atoms with Crippen LogP contribution in [0.15, 0.2) is 35.2 Å². The topological polar surface area (TPSA) is 77.8 Å². The van der Waals surface area contributed by atoms with Gasteiger partial charge in [0.2, 0.25) is 0 Å². The molecular weight excluding hydrogens is 288 g/mol. The normalized spacial score (nSPS) is 12.9. The highest BCUT2D eigenvalue weighted by molar-refractivity contribution is 5.85. The first-order chi connectivity index (χ1) is 11.1. The Hall–Kier alpha value is -2.27. The molecule has 0 radical (unpaired) electrons. The maximum absolute atomic E-state index is 6.27. The Labute approximate surface area is 136 Å². The maximum atomic E-state index is 6.27. The molecule has 5 heteroatoms. The molecule has 1 aromatic carbocycles. The average molecular weight is 310 g/mol. The summed E-state index contributed by atoms with van der Waals surface area (Å²) in [6.45, 7) is 6.41. The fourth-order valence-corrected chi connectivity index (χ4v) is 2.77. The first-order valence-electron chi connectivity index (χ1n) is 8.03. The van der Waals surface area contributed by atoms with Crippen molar-refractivity contribution < 1.29 is 4.42 Å². The number of oxazole rings is 1. The minimum atomic E-state index is -0.126. The molecule has 3 rings (SSSR count). The first-order valence-corrected chi connectivity index (χ1v) is 8.03. The van der Waals surface area contributed by atoms with Crippen LogP contribution in [0.2, 0.25) is 0 Å². The largest absolute Gasteiger partial charge is 0.444 e. The summed E-state index contributed by atoms with van der Waals surface area (Å²) < 4.78 is 5.38. The van der Waals surface area contributed by atoms with Crippen LogP contribution in [-0.4, -0.2) is 15.0 Å². The summed E-state index contributed by atoms with van der Waals surface area (Å²) in [5.41, 5.74) is 9.19. The van der Waals surface area contributed by atoms with E-state index in [1.165, 1.54) is 6.39 Å². The summed E-state index contributed by atoms with van der Waals surface area (Å²) in [6, 6.07) is 5.93. The highest BCUT2D eigenvalue weighted by atomic mass is 16.3. The van der Waals surface area contributed by atoms with Crippen LogP contribution in [0.1, 0.15) is 44.8 Å². The molecule has 3 aromatic rings. The molecule has 0 aliphatic rings. The van der Waals surface area contributed by atoms with Crippen molar-refractivity contribution >= 4 is 10.9 Å². The van der Waals surface area contributed by atoms with E-state index < -0.39 is 0 Å². The molecule has 0 spiro atoms. The lowest BCUT2D eigenvalue weighted by molar-refractivity contribution is 0.493. The van der Waals surface area contributed by atoms with Crippen molar-refractivity contribution in [3.8, 4) is 11.3 Å². The lowest BCUT2D eigenvalue weighted by Crippen LogP contribution is -2.17. The molecule has 2 heterocycles. The van der Waals surface area contributed by atoms with Gasteiger partial charge in [-0.15, -0.1) is 0 Å². The van der Waals surface area contributed by atoms with Gasteiger partial charge in [-0.25, -0.2) is 15.0 Å². The van der Waals surface area contributed by atoms with Crippen molar-refractivity contribution in [3.63, 3.8) is 0 Å². The smallest absolute Gasteiger partial charge is 0.181 e. The zero-order chi connectivity index (χ0) is 16.4. The van der Waals surface area contributed by atoms with Crippen molar-refractivity contribution in [3.05, 3.63) is 42.3 Å². The number of aryl methyl sites for hydroxylation is 1. The third-order valence-electron chi connectivity index (χ3n) is 3.90. The van der Waals surface area contributed by atoms with E-state index in [2.05, 4.69) is 36.8 Å². The fourth-order valence-electron chi connectivity index (χ4n) is 2.77. The van der Waals surface area contributed by atoms with Crippen LogP contribution in [-0.2, 0) is 6.42 Å². The molecule has 1 atom stereocenters. The monoisotopic (exact) mass is 310 g/mol. The van der Waals surface area contributed by atoms with E-state index in [0.29, 0.717) is 5.92 Å². The van der Waals surface area contributed by atoms with Gasteiger partial charge in [-0.2, -0.15) is 0 Å². The molecule has 0 aliphatic heterocycles. The predicted octanol–water partition coefficient (Wildman–Crippen LogP) is 3.89. The molecule has 0 saturated carbocycles. The molecule has 0 fully saturated rings. The molecule has 1 unspecified atom stereocenters. The summed E-state index contributed by atoms with van der Waals surface area (Å²) in [7, 11) is 0. The highest BCUT2D eigenvalue weighted by Gasteiger charge is 2.15. The average Bonchev–Trinajstić information content (AvgIpc) is 3.07. The second-order valence-corrected chi connectivity index (χ2v) is 6.22. The standard InChI is InChI=1S/C18H22N4O/c1-4-15-13-8-12(17-9-20-10-23-17)5-6-16(13)22-18(21-15)14(19)7-11(2)3/h5-6,8-11,14H,4,7,19H2,1-3H3. The molecule has 0 bridgehead atoms. The SMILES string of the molecule is CCc1nc(C(N)CC(C)C)nc2ccc(-c3cnco3)cc12. The number of hydrogen-bond acceptors (Lipinski definition) is 5. The van der Waals surface area contributed by atoms with Gasteiger partial charge in [-0.1, -0.05) is 20.8 Å². The van der Waals surface area contributed by atoms with E-state index in [1.54, 1.807) is 6.20 Å². The van der Waals surface area contributed by atoms with Crippen molar-refractivity contribution in [1.29, 1.82) is 0 Å². The number of hydrogen-bond donors (Lipinski definition) is 1. The number of rotatable bonds is 5. The van der Waals surface area contributed by atoms with Crippen LogP contribution in [0.3, 0.4) is 0 Å². The predicted molar refractivity (Wildman–Crippen MR) is 90.8 cm³/mol. The lowest BCUT2D eigenvalue weighted by Gasteiger charge is -2.15. The molecule has 2 aromatic heterocycles. The van der Waals surface area contributed by atoms with Crippen LogP contribution in [0, 0.1) is 5.92 Å². The van der Waals surface area contributed by atoms with Crippen LogP contribution >= 0.6 is 0 Å². The Morgan fingerprint density at radius 3 is 2.70 bits per heavy atom. The lowest BCUT2D eigenvalue weighted by atomic mass is 10.0. The molecule has 0 amide bonds. The van der Waals surface area contributed by atoms with Gasteiger partial charge in [0.15, 0.2) is 12.2 Å². The molecule has 0 saturated heterocycles. The molecule has 5 nitrogen and oxygen atoms in total. The van der Waals surface area contributed by atoms with E-state index in [0.717, 1.165) is 46.6 Å². The van der Waals surface area contributed by atoms with Gasteiger partial charge in [0.1, 0.15) is 5.82 Å². The van der Waals surface area contributed by atoms with Gasteiger partial charge >= 0.3 is 0 Å². The van der Waals surface area contributed by atoms with Crippen molar-refractivity contribution in [2.45, 2.75) is 39.7 Å². The third kappa shape index (κ3) is 3.24. The van der Waals surface area contributed by atoms with Gasteiger partial charge < -0.3 is 10.2 Å². The zero-order valence-corrected chi connectivity index (χ0v) is 13.8. The molecule has 120 valence electrons. The maximum Gasteiger partial charge on any atom is 0.181 e. The Balaban J connectivity index is 2.07. The number of fused-ring (bicyclic) bond motifs is 1. The van der Waals surface area contributed by atoms with Crippen molar-refractivity contribution in [1.82, 2.24) is 15.0 Å². The molecular formula is C18H22N4O. The number of benzene rings is 1. The van der Waals surface area contributed by atoms with Crippen LogP contribution < -0.4 is 5.73 Å². The van der Waals surface area contributed by atoms with Gasteiger partial charge in [-0.3, -0.25) is 0 Å². The Bertz CT molecular complexity index is 796. The third-order valence-corrected chi connectivity index (χ3v) is 3.90. The van der Waals surface area contributed by atoms with E-state index in [-0.39, 0.29) is 6.04 Å². The van der Waals surface area contributed by atoms with Crippen molar-refractivity contribution in [2.24, 2.45) is 11.7 Å². The second-order valence-electron chi connectivity index (χ2n) is 6.22. The Morgan fingerprint density at radius 2 is 2.04 bits per heavy atom. The first kappa shape index (κ1) is 15.6. The minimum absolute atomic E-state index is 0.126. The summed E-state index contributed by atoms with van der Waals surface area (Å²) in [5.74, 6) is 1.99. The summed E-state index contributed by atoms with van der Waals surface area (Å²) in [6.07, 6.45) is 4.86. The second kappa shape index (κ2) is 6.46. The van der Waals surface area contributed by atoms with Gasteiger partial charge in [-0.05, 0) is 37.0 Å². The highest BCUT2D eigenvalue weighted by Crippen LogP contribution is 2.27. The van der Waals surface area contributed by atoms with Gasteiger partial charge in [0, 0.05) is 10.9 Å². The van der Waals surface area contributed by atoms with Gasteiger partial charge in [0.25, 0.3) is 0 Å². The Kier molecular flexibility index (Phi) is 4.39. The number of aromatic nitrogens is 3. The molecule has 0 aliphatic carbocycles. The number of nitrogens with two attached hydrogens (primary N) is 1. The Morgan fingerprint density at radius 1 is 1.22 bits per heavy atom. The number of nitrogens with zero attached hydrogens (tertiary/aromatic N) is 3. The van der Waals surface area contributed by atoms with Crippen LogP contribution in [0.4, 0.5) is 0 Å². The quantitative estimate of drug-likeness (QED) is 0.773. The summed E-state index contributed by atoms with van der Waals surface area (Å²) in [5, 5.41) is 1.04.